The Labute approximate surface area is 26.9 Å². The Bertz CT molecular complexity index is 14.0. The number of rotatable bonds is 0. The Morgan fingerprint density at radius 2 is 1.75 bits per heavy atom. The maximum atomic E-state index is 2.78. The number of hydrogen-bond donors (Lipinski definition) is 2. The van der Waals surface area contributed by atoms with Crippen molar-refractivity contribution in [3.8, 4) is 0 Å². The summed E-state index contributed by atoms with van der Waals surface area (Å²) in [6.07, 6.45) is 0. The molecule has 0 amide bonds. The summed E-state index contributed by atoms with van der Waals surface area (Å²) in [5.74, 6) is 0. The first-order valence-corrected chi connectivity index (χ1v) is 2.00. The van der Waals surface area contributed by atoms with E-state index in [4.69, 9.17) is 0 Å². The molecule has 0 aromatic carbocycles. The zero-order chi connectivity index (χ0) is 2.83. The summed E-state index contributed by atoms with van der Waals surface area (Å²) in [5.41, 5.74) is 0. The average molecular weight is 74.0 g/mol. The van der Waals surface area contributed by atoms with Crippen molar-refractivity contribution in [3.05, 3.63) is 6.67 Å². The maximum absolute atomic E-state index is 2.78. The van der Waals surface area contributed by atoms with Crippen LogP contribution in [-0.2, 0) is 0 Å². The van der Waals surface area contributed by atoms with Crippen molar-refractivity contribution in [2.45, 2.75) is 0 Å². The van der Waals surface area contributed by atoms with Crippen molar-refractivity contribution in [1.29, 1.82) is 0 Å². The first-order valence-electron chi connectivity index (χ1n) is 1.00. The first kappa shape index (κ1) is 2.58. The second-order valence-corrected chi connectivity index (χ2v) is 1.25. The van der Waals surface area contributed by atoms with Crippen LogP contribution in [0, 0.1) is 6.67 Å². The molecule has 2 N–H and O–H groups in total. The van der Waals surface area contributed by atoms with Gasteiger partial charge in [0.2, 0.25) is 0 Å². The normalized spacial score (nSPS) is 24.0. The third-order valence-electron chi connectivity index (χ3n) is 0.250. The molecular formula is CH3N2P. The molecular weight excluding hydrogens is 71.0 g/mol. The quantitative estimate of drug-likeness (QED) is 0.385. The van der Waals surface area contributed by atoms with Crippen molar-refractivity contribution in [1.82, 2.24) is 10.2 Å². The van der Waals surface area contributed by atoms with Gasteiger partial charge in [0.25, 0.3) is 0 Å². The van der Waals surface area contributed by atoms with Gasteiger partial charge in [0.05, 0.1) is 0 Å². The minimum absolute atomic E-state index is 0.710. The van der Waals surface area contributed by atoms with Crippen LogP contribution in [0.4, 0.5) is 0 Å². The van der Waals surface area contributed by atoms with Gasteiger partial charge in [0.15, 0.2) is 0 Å². The molecule has 22 valence electrons. The molecule has 4 heavy (non-hydrogen) atoms. The first-order chi connectivity index (χ1) is 2.00. The van der Waals surface area contributed by atoms with Crippen LogP contribution in [0.5, 0.6) is 0 Å². The minimum atomic E-state index is 0.710. The van der Waals surface area contributed by atoms with Crippen molar-refractivity contribution < 1.29 is 0 Å². The molecule has 2 nitrogen and oxygen atoms in total. The molecule has 0 aromatic heterocycles. The van der Waals surface area contributed by atoms with Gasteiger partial charge in [-0.15, -0.1) is 0 Å². The highest BCUT2D eigenvalue weighted by Gasteiger charge is 1.92. The summed E-state index contributed by atoms with van der Waals surface area (Å²) in [6, 6.07) is 0. The molecule has 0 atom stereocenters. The van der Waals surface area contributed by atoms with E-state index in [1.54, 1.807) is 0 Å². The molecule has 0 saturated carbocycles. The van der Waals surface area contributed by atoms with Gasteiger partial charge in [-0.1, -0.05) is 0 Å². The highest BCUT2D eigenvalue weighted by Crippen LogP contribution is 2.03. The predicted molar refractivity (Wildman–Crippen MR) is 17.8 cm³/mol. The zero-order valence-corrected chi connectivity index (χ0v) is 3.00. The van der Waals surface area contributed by atoms with E-state index < -0.39 is 0 Å². The van der Waals surface area contributed by atoms with Crippen molar-refractivity contribution in [3.63, 3.8) is 0 Å². The molecule has 0 aliphatic carbocycles. The van der Waals surface area contributed by atoms with Crippen LogP contribution in [0.2, 0.25) is 0 Å². The fourth-order valence-electron chi connectivity index (χ4n) is 0.0625. The van der Waals surface area contributed by atoms with E-state index in [2.05, 4.69) is 16.8 Å². The topological polar surface area (TPSA) is 24.1 Å². The summed E-state index contributed by atoms with van der Waals surface area (Å²) in [5, 5.41) is 5.56. The molecule has 2 radical (unpaired) electrons. The van der Waals surface area contributed by atoms with E-state index in [0.717, 1.165) is 0 Å². The predicted octanol–water partition coefficient (Wildman–Crippen LogP) is -0.316. The second-order valence-electron chi connectivity index (χ2n) is 0.500. The van der Waals surface area contributed by atoms with Gasteiger partial charge < -0.3 is 0 Å². The Hall–Kier alpha value is 0.350. The molecule has 3 heteroatoms. The van der Waals surface area contributed by atoms with Crippen LogP contribution in [0.15, 0.2) is 0 Å². The lowest BCUT2D eigenvalue weighted by molar-refractivity contribution is 0.962. The summed E-state index contributed by atoms with van der Waals surface area (Å²) in [6.45, 7) is 2.62. The van der Waals surface area contributed by atoms with Gasteiger partial charge in [-0.2, -0.15) is 0 Å². The molecule has 1 rings (SSSR count). The Morgan fingerprint density at radius 1 is 1.50 bits per heavy atom. The van der Waals surface area contributed by atoms with Crippen LogP contribution in [0.1, 0.15) is 0 Å². The van der Waals surface area contributed by atoms with Gasteiger partial charge >= 0.3 is 0 Å². The lowest BCUT2D eigenvalue weighted by Gasteiger charge is -2.10. The third-order valence-corrected chi connectivity index (χ3v) is 0.750. The highest BCUT2D eigenvalue weighted by molar-refractivity contribution is 7.35. The van der Waals surface area contributed by atoms with E-state index in [1.807, 2.05) is 0 Å². The van der Waals surface area contributed by atoms with E-state index in [9.17, 15) is 0 Å². The van der Waals surface area contributed by atoms with Crippen LogP contribution in [0.3, 0.4) is 0 Å². The monoisotopic (exact) mass is 74.0 g/mol. The van der Waals surface area contributed by atoms with Gasteiger partial charge in [-0.3, -0.25) is 10.2 Å². The highest BCUT2D eigenvalue weighted by atomic mass is 31.1. The number of hydrogen-bond acceptors (Lipinski definition) is 2. The van der Waals surface area contributed by atoms with Crippen LogP contribution >= 0.6 is 8.88 Å². The molecule has 1 aliphatic heterocycles. The van der Waals surface area contributed by atoms with E-state index in [-0.39, 0.29) is 0 Å². The van der Waals surface area contributed by atoms with Gasteiger partial charge in [0, 0.05) is 8.88 Å². The zero-order valence-electron chi connectivity index (χ0n) is 2.00. The Kier molecular flexibility index (Phi) is 0.631. The van der Waals surface area contributed by atoms with E-state index >= 15 is 0 Å². The van der Waals surface area contributed by atoms with Crippen molar-refractivity contribution >= 4 is 8.88 Å². The van der Waals surface area contributed by atoms with E-state index in [1.165, 1.54) is 0 Å². The van der Waals surface area contributed by atoms with E-state index in [0.29, 0.717) is 8.88 Å². The number of nitrogens with one attached hydrogen (secondary N) is 2. The lowest BCUT2D eigenvalue weighted by atomic mass is 11.3. The smallest absolute Gasteiger partial charge is 0.149 e. The fraction of sp³-hybridized carbons (Fsp3) is 0. The molecule has 1 saturated heterocycles. The molecule has 1 fully saturated rings. The SMILES string of the molecule is [C]1NPN1. The fourth-order valence-corrected chi connectivity index (χ4v) is 0.188. The summed E-state index contributed by atoms with van der Waals surface area (Å²) in [7, 11) is 0.710. The van der Waals surface area contributed by atoms with Crippen LogP contribution < -0.4 is 10.2 Å². The van der Waals surface area contributed by atoms with Gasteiger partial charge in [-0.25, -0.2) is 0 Å². The largest absolute Gasteiger partial charge is 0.262 e. The third kappa shape index (κ3) is 0.226. The van der Waals surface area contributed by atoms with Gasteiger partial charge in [-0.05, 0) is 0 Å². The molecule has 0 spiro atoms. The molecule has 0 unspecified atom stereocenters. The molecule has 1 heterocycles. The van der Waals surface area contributed by atoms with Gasteiger partial charge in [0.1, 0.15) is 6.67 Å². The minimum Gasteiger partial charge on any atom is -0.262 e. The summed E-state index contributed by atoms with van der Waals surface area (Å²) >= 11 is 0. The summed E-state index contributed by atoms with van der Waals surface area (Å²) in [4.78, 5) is 0. The molecule has 0 aromatic rings. The Balaban J connectivity index is 2.00. The maximum Gasteiger partial charge on any atom is 0.149 e. The molecule has 0 bridgehead atoms. The average Bonchev–Trinajstić information content (AvgIpc) is 0.722. The summed E-state index contributed by atoms with van der Waals surface area (Å²) < 4.78 is 0. The van der Waals surface area contributed by atoms with Crippen LogP contribution in [-0.4, -0.2) is 0 Å². The standard InChI is InChI=1S/CH3N2P/c1-2-4-3-1/h2-4H. The molecule has 1 aliphatic rings. The lowest BCUT2D eigenvalue weighted by Crippen LogP contribution is -2.22. The Morgan fingerprint density at radius 3 is 1.75 bits per heavy atom. The van der Waals surface area contributed by atoms with Crippen molar-refractivity contribution in [2.75, 3.05) is 0 Å². The van der Waals surface area contributed by atoms with Crippen LogP contribution in [0.25, 0.3) is 0 Å². The van der Waals surface area contributed by atoms with Crippen molar-refractivity contribution in [2.24, 2.45) is 0 Å². The second kappa shape index (κ2) is 0.978.